The van der Waals surface area contributed by atoms with Crippen molar-refractivity contribution < 1.29 is 14.3 Å². The minimum absolute atomic E-state index is 0.209. The molecule has 0 aliphatic carbocycles. The van der Waals surface area contributed by atoms with Crippen molar-refractivity contribution in [2.75, 3.05) is 0 Å². The van der Waals surface area contributed by atoms with Gasteiger partial charge in [0.25, 0.3) is 0 Å². The van der Waals surface area contributed by atoms with Gasteiger partial charge < -0.3 is 14.3 Å². The summed E-state index contributed by atoms with van der Waals surface area (Å²) < 4.78 is 5.31. The molecule has 0 aromatic heterocycles. The lowest BCUT2D eigenvalue weighted by Gasteiger charge is -1.92. The van der Waals surface area contributed by atoms with E-state index in [0.717, 1.165) is 12.8 Å². The van der Waals surface area contributed by atoms with Gasteiger partial charge in [-0.1, -0.05) is 0 Å². The fourth-order valence-corrected chi connectivity index (χ4v) is 1.38. The molecule has 1 fully saturated rings. The summed E-state index contributed by atoms with van der Waals surface area (Å²) in [6.45, 7) is 3.18. The largest absolute Gasteiger partial charge is 0.370 e. The zero-order valence-electron chi connectivity index (χ0n) is 8.21. The van der Waals surface area contributed by atoms with E-state index >= 15 is 0 Å². The lowest BCUT2D eigenvalue weighted by Crippen LogP contribution is -2.00. The van der Waals surface area contributed by atoms with Gasteiger partial charge in [0.05, 0.1) is 12.2 Å². The van der Waals surface area contributed by atoms with E-state index in [1.807, 2.05) is 0 Å². The van der Waals surface area contributed by atoms with E-state index in [9.17, 15) is 9.59 Å². The molecule has 3 heteroatoms. The van der Waals surface area contributed by atoms with Crippen LogP contribution in [-0.4, -0.2) is 23.8 Å². The number of hydrogen-bond acceptors (Lipinski definition) is 3. The highest BCUT2D eigenvalue weighted by Crippen LogP contribution is 2.30. The van der Waals surface area contributed by atoms with Crippen molar-refractivity contribution in [3.05, 3.63) is 0 Å². The van der Waals surface area contributed by atoms with E-state index in [0.29, 0.717) is 12.8 Å². The summed E-state index contributed by atoms with van der Waals surface area (Å²) in [5, 5.41) is 0. The van der Waals surface area contributed by atoms with Gasteiger partial charge in [-0.25, -0.2) is 0 Å². The average Bonchev–Trinajstić information content (AvgIpc) is 2.76. The first-order valence-electron chi connectivity index (χ1n) is 4.74. The Morgan fingerprint density at radius 1 is 1.00 bits per heavy atom. The van der Waals surface area contributed by atoms with E-state index in [-0.39, 0.29) is 23.8 Å². The molecule has 0 radical (unpaired) electrons. The second-order valence-corrected chi connectivity index (χ2v) is 3.69. The highest BCUT2D eigenvalue weighted by molar-refractivity contribution is 5.75. The van der Waals surface area contributed by atoms with Crippen LogP contribution < -0.4 is 0 Å². The number of Topliss-reactive ketones (excluding diaryl/α,β-unsaturated/α-hetero) is 2. The fraction of sp³-hybridized carbons (Fsp3) is 0.800. The van der Waals surface area contributed by atoms with Gasteiger partial charge >= 0.3 is 0 Å². The SMILES string of the molecule is CC(=O)CC[C@@H]1O[C@H]1CCC(C)=O. The lowest BCUT2D eigenvalue weighted by atomic mass is 10.1. The van der Waals surface area contributed by atoms with Gasteiger partial charge in [0.15, 0.2) is 0 Å². The maximum atomic E-state index is 10.6. The van der Waals surface area contributed by atoms with Crippen LogP contribution in [0.25, 0.3) is 0 Å². The molecule has 1 heterocycles. The van der Waals surface area contributed by atoms with E-state index in [1.54, 1.807) is 13.8 Å². The van der Waals surface area contributed by atoms with E-state index in [4.69, 9.17) is 4.74 Å². The Balaban J connectivity index is 2.02. The number of carbonyl (C=O) groups excluding carboxylic acids is 2. The molecular weight excluding hydrogens is 168 g/mol. The average molecular weight is 184 g/mol. The van der Waals surface area contributed by atoms with Gasteiger partial charge in [-0.05, 0) is 26.7 Å². The molecule has 1 saturated heterocycles. The van der Waals surface area contributed by atoms with Crippen LogP contribution in [0.3, 0.4) is 0 Å². The summed E-state index contributed by atoms with van der Waals surface area (Å²) in [4.78, 5) is 21.3. The van der Waals surface area contributed by atoms with Gasteiger partial charge in [0, 0.05) is 12.8 Å². The quantitative estimate of drug-likeness (QED) is 0.587. The molecule has 0 spiro atoms. The molecule has 0 saturated carbocycles. The van der Waals surface area contributed by atoms with Crippen molar-refractivity contribution >= 4 is 11.6 Å². The number of rotatable bonds is 6. The Kier molecular flexibility index (Phi) is 3.60. The molecule has 1 aliphatic heterocycles. The van der Waals surface area contributed by atoms with Crippen LogP contribution in [0.2, 0.25) is 0 Å². The summed E-state index contributed by atoms with van der Waals surface area (Å²) >= 11 is 0. The summed E-state index contributed by atoms with van der Waals surface area (Å²) in [5.74, 6) is 0.418. The third-order valence-electron chi connectivity index (χ3n) is 2.25. The van der Waals surface area contributed by atoms with Gasteiger partial charge in [0.1, 0.15) is 11.6 Å². The minimum atomic E-state index is 0.209. The van der Waals surface area contributed by atoms with Crippen LogP contribution in [0.15, 0.2) is 0 Å². The Morgan fingerprint density at radius 2 is 1.38 bits per heavy atom. The van der Waals surface area contributed by atoms with Crippen molar-refractivity contribution in [1.29, 1.82) is 0 Å². The molecule has 13 heavy (non-hydrogen) atoms. The van der Waals surface area contributed by atoms with Gasteiger partial charge in [0.2, 0.25) is 0 Å². The van der Waals surface area contributed by atoms with Gasteiger partial charge in [-0.2, -0.15) is 0 Å². The van der Waals surface area contributed by atoms with Crippen LogP contribution in [0.1, 0.15) is 39.5 Å². The predicted octanol–water partition coefficient (Wildman–Crippen LogP) is 1.49. The molecule has 0 N–H and O–H groups in total. The first kappa shape index (κ1) is 10.4. The number of carbonyl (C=O) groups is 2. The standard InChI is InChI=1S/C10H16O3/c1-7(11)3-5-9-10(13-9)6-4-8(2)12/h9-10H,3-6H2,1-2H3/t9-,10-/m0/s1. The topological polar surface area (TPSA) is 46.7 Å². The summed E-state index contributed by atoms with van der Waals surface area (Å²) in [6, 6.07) is 0. The van der Waals surface area contributed by atoms with Crippen LogP contribution in [0, 0.1) is 0 Å². The van der Waals surface area contributed by atoms with Gasteiger partial charge in [-0.15, -0.1) is 0 Å². The van der Waals surface area contributed by atoms with Crippen LogP contribution in [0.5, 0.6) is 0 Å². The molecule has 3 nitrogen and oxygen atoms in total. The monoisotopic (exact) mass is 184 g/mol. The Bertz CT molecular complexity index is 188. The second-order valence-electron chi connectivity index (χ2n) is 3.69. The minimum Gasteiger partial charge on any atom is -0.370 e. The zero-order valence-corrected chi connectivity index (χ0v) is 8.21. The van der Waals surface area contributed by atoms with Crippen molar-refractivity contribution in [1.82, 2.24) is 0 Å². The third kappa shape index (κ3) is 4.18. The molecule has 0 aromatic carbocycles. The highest BCUT2D eigenvalue weighted by Gasteiger charge is 2.37. The maximum absolute atomic E-state index is 10.6. The smallest absolute Gasteiger partial charge is 0.129 e. The van der Waals surface area contributed by atoms with Crippen molar-refractivity contribution in [3.8, 4) is 0 Å². The second kappa shape index (κ2) is 4.51. The van der Waals surface area contributed by atoms with Crippen LogP contribution in [0.4, 0.5) is 0 Å². The molecule has 0 bridgehead atoms. The number of ether oxygens (including phenoxy) is 1. The van der Waals surface area contributed by atoms with Crippen LogP contribution >= 0.6 is 0 Å². The molecule has 1 rings (SSSR count). The molecule has 2 atom stereocenters. The first-order valence-corrected chi connectivity index (χ1v) is 4.74. The summed E-state index contributed by atoms with van der Waals surface area (Å²) in [6.07, 6.45) is 3.31. The maximum Gasteiger partial charge on any atom is 0.129 e. The third-order valence-corrected chi connectivity index (χ3v) is 2.25. The molecule has 0 amide bonds. The molecule has 1 aliphatic rings. The molecule has 0 unspecified atom stereocenters. The normalized spacial score (nSPS) is 25.7. The van der Waals surface area contributed by atoms with E-state index < -0.39 is 0 Å². The van der Waals surface area contributed by atoms with Crippen molar-refractivity contribution in [3.63, 3.8) is 0 Å². The first-order chi connectivity index (χ1) is 6.09. The number of ketones is 2. The van der Waals surface area contributed by atoms with Crippen molar-refractivity contribution in [2.24, 2.45) is 0 Å². The predicted molar refractivity (Wildman–Crippen MR) is 48.5 cm³/mol. The molecule has 0 aromatic rings. The fourth-order valence-electron chi connectivity index (χ4n) is 1.38. The zero-order chi connectivity index (χ0) is 9.84. The number of hydrogen-bond donors (Lipinski definition) is 0. The van der Waals surface area contributed by atoms with Gasteiger partial charge in [-0.3, -0.25) is 0 Å². The van der Waals surface area contributed by atoms with E-state index in [1.165, 1.54) is 0 Å². The Hall–Kier alpha value is -0.700. The Morgan fingerprint density at radius 3 is 1.69 bits per heavy atom. The lowest BCUT2D eigenvalue weighted by molar-refractivity contribution is -0.118. The highest BCUT2D eigenvalue weighted by atomic mass is 16.6. The summed E-state index contributed by atoms with van der Waals surface area (Å²) in [7, 11) is 0. The van der Waals surface area contributed by atoms with Crippen LogP contribution in [-0.2, 0) is 14.3 Å². The molecule has 74 valence electrons. The Labute approximate surface area is 78.5 Å². The molecular formula is C10H16O3. The number of epoxide rings is 1. The van der Waals surface area contributed by atoms with E-state index in [2.05, 4.69) is 0 Å². The van der Waals surface area contributed by atoms with Crippen molar-refractivity contribution in [2.45, 2.75) is 51.7 Å². The summed E-state index contributed by atoms with van der Waals surface area (Å²) in [5.41, 5.74) is 0.